The van der Waals surface area contributed by atoms with Crippen LogP contribution in [0.1, 0.15) is 70.9 Å². The SMILES string of the molecule is Cc1c(C(=O)Nc2ccc(CN3CCCC(C(N)=O)C3)cc2)oc2c1C(=O)CC(C)(C)C2. The summed E-state index contributed by atoms with van der Waals surface area (Å²) in [4.78, 5) is 39.1. The fourth-order valence-corrected chi connectivity index (χ4v) is 4.87. The first-order valence-electron chi connectivity index (χ1n) is 11.2. The lowest BCUT2D eigenvalue weighted by atomic mass is 9.76. The third-order valence-corrected chi connectivity index (χ3v) is 6.51. The van der Waals surface area contributed by atoms with E-state index in [9.17, 15) is 14.4 Å². The molecular formula is C25H31N3O4. The molecule has 1 atom stereocenters. The van der Waals surface area contributed by atoms with Gasteiger partial charge in [-0.1, -0.05) is 26.0 Å². The standard InChI is InChI=1S/C25H31N3O4/c1-15-21-19(29)11-25(2,3)12-20(21)32-22(15)24(31)27-18-8-6-16(7-9-18)13-28-10-4-5-17(14-28)23(26)30/h6-9,17H,4-5,10-14H2,1-3H3,(H2,26,30)(H,27,31). The number of benzene rings is 1. The van der Waals surface area contributed by atoms with Crippen LogP contribution in [0.2, 0.25) is 0 Å². The Balaban J connectivity index is 1.42. The van der Waals surface area contributed by atoms with Gasteiger partial charge < -0.3 is 15.5 Å². The zero-order chi connectivity index (χ0) is 23.0. The number of nitrogens with zero attached hydrogens (tertiary/aromatic N) is 1. The topological polar surface area (TPSA) is 106 Å². The minimum atomic E-state index is -0.351. The van der Waals surface area contributed by atoms with Crippen molar-refractivity contribution in [3.8, 4) is 0 Å². The molecule has 1 saturated heterocycles. The molecule has 1 aromatic heterocycles. The van der Waals surface area contributed by atoms with Crippen molar-refractivity contribution in [2.24, 2.45) is 17.1 Å². The maximum atomic E-state index is 12.9. The van der Waals surface area contributed by atoms with E-state index < -0.39 is 0 Å². The van der Waals surface area contributed by atoms with Crippen LogP contribution in [-0.4, -0.2) is 35.6 Å². The normalized spacial score (nSPS) is 20.6. The van der Waals surface area contributed by atoms with Crippen LogP contribution >= 0.6 is 0 Å². The number of anilines is 1. The molecule has 2 aromatic rings. The molecule has 3 N–H and O–H groups in total. The number of hydrogen-bond donors (Lipinski definition) is 2. The second kappa shape index (κ2) is 8.54. The highest BCUT2D eigenvalue weighted by molar-refractivity contribution is 6.07. The second-order valence-electron chi connectivity index (χ2n) is 9.92. The lowest BCUT2D eigenvalue weighted by Gasteiger charge is -2.31. The molecule has 0 spiro atoms. The number of carbonyl (C=O) groups is 3. The first-order chi connectivity index (χ1) is 15.1. The average Bonchev–Trinajstić information content (AvgIpc) is 3.05. The molecule has 1 aliphatic heterocycles. The third kappa shape index (κ3) is 4.63. The van der Waals surface area contributed by atoms with Crippen LogP contribution in [-0.2, 0) is 17.8 Å². The van der Waals surface area contributed by atoms with Crippen LogP contribution < -0.4 is 11.1 Å². The Labute approximate surface area is 188 Å². The number of carbonyl (C=O) groups excluding carboxylic acids is 3. The Kier molecular flexibility index (Phi) is 5.95. The van der Waals surface area contributed by atoms with E-state index in [1.807, 2.05) is 38.1 Å². The Hall–Kier alpha value is -2.93. The predicted molar refractivity (Wildman–Crippen MR) is 121 cm³/mol. The van der Waals surface area contributed by atoms with Gasteiger partial charge in [-0.25, -0.2) is 0 Å². The van der Waals surface area contributed by atoms with E-state index >= 15 is 0 Å². The number of nitrogens with one attached hydrogen (secondary N) is 1. The zero-order valence-corrected chi connectivity index (χ0v) is 19.0. The molecule has 7 nitrogen and oxygen atoms in total. The number of likely N-dealkylation sites (tertiary alicyclic amines) is 1. The maximum Gasteiger partial charge on any atom is 0.291 e. The number of rotatable bonds is 5. The lowest BCUT2D eigenvalue weighted by Crippen LogP contribution is -2.40. The summed E-state index contributed by atoms with van der Waals surface area (Å²) in [5.41, 5.74) is 8.25. The van der Waals surface area contributed by atoms with Crippen molar-refractivity contribution in [2.45, 2.75) is 53.0 Å². The Morgan fingerprint density at radius 2 is 1.94 bits per heavy atom. The van der Waals surface area contributed by atoms with Gasteiger partial charge in [0.05, 0.1) is 11.5 Å². The summed E-state index contributed by atoms with van der Waals surface area (Å²) in [5.74, 6) is 0.193. The number of furan rings is 1. The third-order valence-electron chi connectivity index (χ3n) is 6.51. The molecule has 1 fully saturated rings. The minimum absolute atomic E-state index is 0.0391. The van der Waals surface area contributed by atoms with Crippen molar-refractivity contribution in [3.63, 3.8) is 0 Å². The van der Waals surface area contributed by atoms with Crippen LogP contribution in [0.15, 0.2) is 28.7 Å². The maximum absolute atomic E-state index is 12.9. The average molecular weight is 438 g/mol. The molecular weight excluding hydrogens is 406 g/mol. The number of hydrogen-bond acceptors (Lipinski definition) is 5. The summed E-state index contributed by atoms with van der Waals surface area (Å²) >= 11 is 0. The summed E-state index contributed by atoms with van der Waals surface area (Å²) in [6.07, 6.45) is 2.92. The van der Waals surface area contributed by atoms with Gasteiger partial charge in [0.15, 0.2) is 11.5 Å². The number of primary amides is 1. The largest absolute Gasteiger partial charge is 0.455 e. The predicted octanol–water partition coefficient (Wildman–Crippen LogP) is 3.69. The van der Waals surface area contributed by atoms with Crippen molar-refractivity contribution in [1.82, 2.24) is 4.90 Å². The van der Waals surface area contributed by atoms with Crippen molar-refractivity contribution < 1.29 is 18.8 Å². The van der Waals surface area contributed by atoms with E-state index in [0.29, 0.717) is 42.0 Å². The molecule has 0 radical (unpaired) electrons. The van der Waals surface area contributed by atoms with Gasteiger partial charge in [-0.05, 0) is 49.4 Å². The van der Waals surface area contributed by atoms with E-state index in [1.165, 1.54) is 0 Å². The number of amides is 2. The van der Waals surface area contributed by atoms with E-state index in [4.69, 9.17) is 10.2 Å². The second-order valence-corrected chi connectivity index (χ2v) is 9.92. The summed E-state index contributed by atoms with van der Waals surface area (Å²) < 4.78 is 5.85. The molecule has 0 saturated carbocycles. The molecule has 1 aromatic carbocycles. The number of Topliss-reactive ketones (excluding diaryl/α,β-unsaturated/α-hetero) is 1. The fraction of sp³-hybridized carbons (Fsp3) is 0.480. The van der Waals surface area contributed by atoms with E-state index in [0.717, 1.165) is 31.5 Å². The first-order valence-corrected chi connectivity index (χ1v) is 11.2. The van der Waals surface area contributed by atoms with Gasteiger partial charge in [0.1, 0.15) is 5.76 Å². The van der Waals surface area contributed by atoms with Crippen LogP contribution in [0.3, 0.4) is 0 Å². The quantitative estimate of drug-likeness (QED) is 0.742. The Bertz CT molecular complexity index is 1050. The van der Waals surface area contributed by atoms with Gasteiger partial charge in [-0.2, -0.15) is 0 Å². The highest BCUT2D eigenvalue weighted by atomic mass is 16.4. The molecule has 1 unspecified atom stereocenters. The van der Waals surface area contributed by atoms with Crippen LogP contribution in [0.25, 0.3) is 0 Å². The lowest BCUT2D eigenvalue weighted by molar-refractivity contribution is -0.123. The molecule has 0 bridgehead atoms. The monoisotopic (exact) mass is 437 g/mol. The van der Waals surface area contributed by atoms with Gasteiger partial charge in [0, 0.05) is 37.2 Å². The van der Waals surface area contributed by atoms with Gasteiger partial charge >= 0.3 is 0 Å². The summed E-state index contributed by atoms with van der Waals surface area (Å²) in [7, 11) is 0. The van der Waals surface area contributed by atoms with E-state index in [-0.39, 0.29) is 34.7 Å². The van der Waals surface area contributed by atoms with Crippen molar-refractivity contribution >= 4 is 23.3 Å². The van der Waals surface area contributed by atoms with E-state index in [1.54, 1.807) is 6.92 Å². The van der Waals surface area contributed by atoms with Crippen LogP contribution in [0.5, 0.6) is 0 Å². The summed E-state index contributed by atoms with van der Waals surface area (Å²) in [5, 5.41) is 2.88. The molecule has 2 amide bonds. The molecule has 170 valence electrons. The molecule has 7 heteroatoms. The summed E-state index contributed by atoms with van der Waals surface area (Å²) in [6, 6.07) is 7.65. The van der Waals surface area contributed by atoms with Crippen molar-refractivity contribution in [2.75, 3.05) is 18.4 Å². The van der Waals surface area contributed by atoms with Gasteiger partial charge in [-0.3, -0.25) is 19.3 Å². The smallest absolute Gasteiger partial charge is 0.291 e. The zero-order valence-electron chi connectivity index (χ0n) is 19.0. The number of piperidine rings is 1. The van der Waals surface area contributed by atoms with Gasteiger partial charge in [0.2, 0.25) is 5.91 Å². The highest BCUT2D eigenvalue weighted by Gasteiger charge is 2.37. The van der Waals surface area contributed by atoms with Crippen molar-refractivity contribution in [3.05, 3.63) is 52.5 Å². The molecule has 2 aliphatic rings. The van der Waals surface area contributed by atoms with Gasteiger partial charge in [-0.15, -0.1) is 0 Å². The molecule has 32 heavy (non-hydrogen) atoms. The summed E-state index contributed by atoms with van der Waals surface area (Å²) in [6.45, 7) is 8.20. The Morgan fingerprint density at radius 3 is 2.62 bits per heavy atom. The van der Waals surface area contributed by atoms with Gasteiger partial charge in [0.25, 0.3) is 5.91 Å². The van der Waals surface area contributed by atoms with E-state index in [2.05, 4.69) is 10.2 Å². The fourth-order valence-electron chi connectivity index (χ4n) is 4.87. The number of nitrogens with two attached hydrogens (primary N) is 1. The Morgan fingerprint density at radius 1 is 1.22 bits per heavy atom. The highest BCUT2D eigenvalue weighted by Crippen LogP contribution is 2.38. The van der Waals surface area contributed by atoms with Crippen LogP contribution in [0.4, 0.5) is 5.69 Å². The molecule has 2 heterocycles. The van der Waals surface area contributed by atoms with Crippen LogP contribution in [0, 0.1) is 18.3 Å². The molecule has 4 rings (SSSR count). The van der Waals surface area contributed by atoms with Crippen molar-refractivity contribution in [1.29, 1.82) is 0 Å². The number of fused-ring (bicyclic) bond motifs is 1. The minimum Gasteiger partial charge on any atom is -0.455 e. The first kappa shape index (κ1) is 22.3. The number of ketones is 1. The molecule has 1 aliphatic carbocycles.